The van der Waals surface area contributed by atoms with E-state index in [0.717, 1.165) is 5.56 Å². The summed E-state index contributed by atoms with van der Waals surface area (Å²) in [6, 6.07) is 18.8. The first-order chi connectivity index (χ1) is 8.31. The standard InChI is InChI=1S/C14H12.BH2O2/c1-2-12-8-10-14(11-9-12)13-6-4-3-5-7-13;2-1-3/h2-11H,1H2;2-3H. The van der Waals surface area contributed by atoms with E-state index < -0.39 is 0 Å². The van der Waals surface area contributed by atoms with E-state index in [0.29, 0.717) is 0 Å². The largest absolute Gasteiger partial charge is 0.482 e. The lowest BCUT2D eigenvalue weighted by Gasteiger charge is -2.01. The van der Waals surface area contributed by atoms with Gasteiger partial charge in [-0.25, -0.2) is 0 Å². The zero-order valence-electron chi connectivity index (χ0n) is 9.45. The summed E-state index contributed by atoms with van der Waals surface area (Å²) in [5.74, 6) is 0. The molecule has 2 aromatic carbocycles. The minimum atomic E-state index is 0. The Labute approximate surface area is 102 Å². The van der Waals surface area contributed by atoms with Gasteiger partial charge in [0.2, 0.25) is 0 Å². The molecular weight excluding hydrogens is 211 g/mol. The molecule has 0 spiro atoms. The summed E-state index contributed by atoms with van der Waals surface area (Å²) in [4.78, 5) is 0. The molecule has 0 bridgehead atoms. The molecule has 0 fully saturated rings. The van der Waals surface area contributed by atoms with Crippen LogP contribution in [0.3, 0.4) is 0 Å². The zero-order valence-corrected chi connectivity index (χ0v) is 9.45. The SMILES string of the molecule is C=Cc1ccc(-c2ccccc2)cc1.O[B]O. The van der Waals surface area contributed by atoms with Gasteiger partial charge in [-0.2, -0.15) is 0 Å². The van der Waals surface area contributed by atoms with Crippen LogP contribution in [-0.2, 0) is 0 Å². The Bertz CT molecular complexity index is 438. The number of hydrogen-bond donors (Lipinski definition) is 2. The smallest absolute Gasteiger partial charge is 0.429 e. The Hall–Kier alpha value is -1.84. The molecule has 0 atom stereocenters. The molecule has 0 amide bonds. The summed E-state index contributed by atoms with van der Waals surface area (Å²) in [6.07, 6.45) is 1.86. The third-order valence-electron chi connectivity index (χ3n) is 2.25. The monoisotopic (exact) mass is 225 g/mol. The third-order valence-corrected chi connectivity index (χ3v) is 2.25. The van der Waals surface area contributed by atoms with Crippen LogP contribution in [0.4, 0.5) is 0 Å². The fourth-order valence-corrected chi connectivity index (χ4v) is 1.44. The highest BCUT2D eigenvalue weighted by atomic mass is 16.4. The number of benzene rings is 2. The molecule has 0 aliphatic heterocycles. The van der Waals surface area contributed by atoms with Crippen LogP contribution in [0.5, 0.6) is 0 Å². The highest BCUT2D eigenvalue weighted by Crippen LogP contribution is 2.19. The molecule has 0 aliphatic carbocycles. The van der Waals surface area contributed by atoms with Crippen molar-refractivity contribution in [1.29, 1.82) is 0 Å². The minimum Gasteiger partial charge on any atom is -0.429 e. The lowest BCUT2D eigenvalue weighted by Crippen LogP contribution is -1.76. The van der Waals surface area contributed by atoms with Gasteiger partial charge in [-0.3, -0.25) is 0 Å². The van der Waals surface area contributed by atoms with Crippen LogP contribution in [0.15, 0.2) is 61.2 Å². The molecule has 2 N–H and O–H groups in total. The predicted octanol–water partition coefficient (Wildman–Crippen LogP) is 2.50. The molecule has 0 aliphatic rings. The van der Waals surface area contributed by atoms with Crippen LogP contribution >= 0.6 is 0 Å². The Morgan fingerprint density at radius 1 is 0.824 bits per heavy atom. The second-order valence-electron chi connectivity index (χ2n) is 3.31. The van der Waals surface area contributed by atoms with Gasteiger partial charge in [-0.1, -0.05) is 67.3 Å². The molecule has 0 saturated carbocycles. The van der Waals surface area contributed by atoms with E-state index in [-0.39, 0.29) is 7.69 Å². The van der Waals surface area contributed by atoms with Gasteiger partial charge in [0.15, 0.2) is 0 Å². The molecule has 2 aromatic rings. The first-order valence-electron chi connectivity index (χ1n) is 5.20. The maximum Gasteiger partial charge on any atom is 0.482 e. The Balaban J connectivity index is 0.000000437. The van der Waals surface area contributed by atoms with Gasteiger partial charge in [0.05, 0.1) is 0 Å². The fourth-order valence-electron chi connectivity index (χ4n) is 1.44. The van der Waals surface area contributed by atoms with Crippen molar-refractivity contribution in [2.45, 2.75) is 0 Å². The summed E-state index contributed by atoms with van der Waals surface area (Å²) in [7, 11) is 0. The number of rotatable bonds is 2. The minimum absolute atomic E-state index is 0. The molecular formula is C14H14BO2. The van der Waals surface area contributed by atoms with Crippen molar-refractivity contribution in [3.05, 3.63) is 66.7 Å². The summed E-state index contributed by atoms with van der Waals surface area (Å²) in [5, 5.41) is 14.0. The molecule has 0 aromatic heterocycles. The second kappa shape index (κ2) is 7.44. The molecule has 3 heteroatoms. The van der Waals surface area contributed by atoms with Crippen LogP contribution < -0.4 is 0 Å². The van der Waals surface area contributed by atoms with E-state index in [1.807, 2.05) is 12.1 Å². The van der Waals surface area contributed by atoms with Gasteiger partial charge >= 0.3 is 7.69 Å². The van der Waals surface area contributed by atoms with E-state index in [1.54, 1.807) is 0 Å². The van der Waals surface area contributed by atoms with Gasteiger partial charge in [0.1, 0.15) is 0 Å². The van der Waals surface area contributed by atoms with Crippen molar-refractivity contribution in [2.24, 2.45) is 0 Å². The Morgan fingerprint density at radius 2 is 1.29 bits per heavy atom. The summed E-state index contributed by atoms with van der Waals surface area (Å²) < 4.78 is 0. The van der Waals surface area contributed by atoms with Crippen molar-refractivity contribution in [1.82, 2.24) is 0 Å². The highest BCUT2D eigenvalue weighted by Gasteiger charge is 1.94. The molecule has 0 saturated heterocycles. The van der Waals surface area contributed by atoms with E-state index in [2.05, 4.69) is 55.1 Å². The highest BCUT2D eigenvalue weighted by molar-refractivity contribution is 6.13. The zero-order chi connectivity index (χ0) is 12.5. The van der Waals surface area contributed by atoms with Crippen molar-refractivity contribution in [2.75, 3.05) is 0 Å². The van der Waals surface area contributed by atoms with Crippen LogP contribution in [-0.4, -0.2) is 17.7 Å². The van der Waals surface area contributed by atoms with Crippen molar-refractivity contribution >= 4 is 13.8 Å². The van der Waals surface area contributed by atoms with Gasteiger partial charge in [0, 0.05) is 0 Å². The van der Waals surface area contributed by atoms with Gasteiger partial charge in [0.25, 0.3) is 0 Å². The quantitative estimate of drug-likeness (QED) is 0.771. The predicted molar refractivity (Wildman–Crippen MR) is 72.2 cm³/mol. The van der Waals surface area contributed by atoms with Crippen LogP contribution in [0.25, 0.3) is 17.2 Å². The third kappa shape index (κ3) is 4.27. The normalized spacial score (nSPS) is 8.82. The van der Waals surface area contributed by atoms with Crippen LogP contribution in [0.1, 0.15) is 5.56 Å². The lowest BCUT2D eigenvalue weighted by atomic mass is 10.0. The fraction of sp³-hybridized carbons (Fsp3) is 0. The summed E-state index contributed by atoms with van der Waals surface area (Å²) in [5.41, 5.74) is 3.66. The van der Waals surface area contributed by atoms with Gasteiger partial charge < -0.3 is 10.0 Å². The molecule has 0 heterocycles. The lowest BCUT2D eigenvalue weighted by molar-refractivity contribution is 0.448. The first kappa shape index (κ1) is 13.2. The molecule has 1 radical (unpaired) electrons. The van der Waals surface area contributed by atoms with E-state index in [9.17, 15) is 0 Å². The Kier molecular flexibility index (Phi) is 5.79. The molecule has 2 nitrogen and oxygen atoms in total. The molecule has 0 unspecified atom stereocenters. The summed E-state index contributed by atoms with van der Waals surface area (Å²) in [6.45, 7) is 3.73. The van der Waals surface area contributed by atoms with Crippen molar-refractivity contribution < 1.29 is 10.0 Å². The van der Waals surface area contributed by atoms with E-state index >= 15 is 0 Å². The summed E-state index contributed by atoms with van der Waals surface area (Å²) >= 11 is 0. The average molecular weight is 225 g/mol. The van der Waals surface area contributed by atoms with Crippen LogP contribution in [0, 0.1) is 0 Å². The van der Waals surface area contributed by atoms with Crippen LogP contribution in [0.2, 0.25) is 0 Å². The van der Waals surface area contributed by atoms with Gasteiger partial charge in [-0.15, -0.1) is 0 Å². The van der Waals surface area contributed by atoms with Crippen molar-refractivity contribution in [3.8, 4) is 11.1 Å². The van der Waals surface area contributed by atoms with E-state index in [4.69, 9.17) is 10.0 Å². The first-order valence-corrected chi connectivity index (χ1v) is 5.20. The van der Waals surface area contributed by atoms with Crippen molar-refractivity contribution in [3.63, 3.8) is 0 Å². The maximum absolute atomic E-state index is 7.00. The van der Waals surface area contributed by atoms with E-state index in [1.165, 1.54) is 11.1 Å². The second-order valence-corrected chi connectivity index (χ2v) is 3.31. The topological polar surface area (TPSA) is 40.5 Å². The number of hydrogen-bond acceptors (Lipinski definition) is 2. The average Bonchev–Trinajstić information content (AvgIpc) is 2.41. The maximum atomic E-state index is 7.00. The molecule has 2 rings (SSSR count). The molecule has 85 valence electrons. The molecule has 17 heavy (non-hydrogen) atoms. The van der Waals surface area contributed by atoms with Gasteiger partial charge in [-0.05, 0) is 16.7 Å². The Morgan fingerprint density at radius 3 is 1.76 bits per heavy atom.